The number of aliphatic hydroxyl groups excluding tert-OH is 1. The summed E-state index contributed by atoms with van der Waals surface area (Å²) in [7, 11) is -9.91. The zero-order valence-corrected chi connectivity index (χ0v) is 66.4. The first-order valence-corrected chi connectivity index (χ1v) is 44.6. The van der Waals surface area contributed by atoms with Gasteiger partial charge in [-0.1, -0.05) is 375 Å². The van der Waals surface area contributed by atoms with Crippen molar-refractivity contribution in [1.82, 2.24) is 0 Å². The second kappa shape index (κ2) is 73.0. The second-order valence-electron chi connectivity index (χ2n) is 29.3. The molecular formula is C80H156O17P2. The molecule has 0 aromatic carbocycles. The van der Waals surface area contributed by atoms with Gasteiger partial charge in [0.2, 0.25) is 0 Å². The number of carbonyl (C=O) groups is 4. The molecule has 3 N–H and O–H groups in total. The van der Waals surface area contributed by atoms with Crippen LogP contribution in [0.5, 0.6) is 0 Å². The monoisotopic (exact) mass is 1450 g/mol. The van der Waals surface area contributed by atoms with Crippen molar-refractivity contribution in [2.24, 2.45) is 5.92 Å². The molecule has 0 heterocycles. The zero-order valence-electron chi connectivity index (χ0n) is 64.6. The maximum atomic E-state index is 13.1. The minimum Gasteiger partial charge on any atom is -0.462 e. The van der Waals surface area contributed by atoms with Gasteiger partial charge in [-0.2, -0.15) is 0 Å². The molecule has 2 unspecified atom stereocenters. The number of phosphoric acid groups is 2. The van der Waals surface area contributed by atoms with Crippen molar-refractivity contribution in [2.75, 3.05) is 39.6 Å². The van der Waals surface area contributed by atoms with E-state index in [0.717, 1.165) is 95.8 Å². The van der Waals surface area contributed by atoms with Crippen molar-refractivity contribution >= 4 is 39.5 Å². The number of unbranched alkanes of at least 4 members (excludes halogenated alkanes) is 52. The van der Waals surface area contributed by atoms with E-state index in [-0.39, 0.29) is 25.7 Å². The quantitative estimate of drug-likeness (QED) is 0.0222. The van der Waals surface area contributed by atoms with E-state index in [2.05, 4.69) is 34.6 Å². The van der Waals surface area contributed by atoms with Crippen molar-refractivity contribution in [1.29, 1.82) is 0 Å². The number of esters is 4. The average molecular weight is 1450 g/mol. The SMILES string of the molecule is CCCCCCCCCCCCCCCCCCCCCCCC(=O)O[C@H](COC(=O)CCCCCCCCCCCCCCCCCC)COP(=O)(O)OC[C@@H](O)COP(=O)(O)OC[C@@H](COC(=O)CCCCCCCCCCCCC)OC(=O)CCCCCCCCCCC(C)C. The average Bonchev–Trinajstić information content (AvgIpc) is 1.98. The van der Waals surface area contributed by atoms with E-state index in [1.165, 1.54) is 250 Å². The molecule has 0 aliphatic rings. The van der Waals surface area contributed by atoms with Crippen molar-refractivity contribution in [2.45, 2.75) is 445 Å². The highest BCUT2D eigenvalue weighted by Gasteiger charge is 2.30. The van der Waals surface area contributed by atoms with E-state index < -0.39 is 97.5 Å². The highest BCUT2D eigenvalue weighted by atomic mass is 31.2. The standard InChI is InChI=1S/C80H156O17P2/c1-6-9-12-15-18-21-24-26-28-30-31-32-33-34-36-38-41-44-50-55-60-65-79(84)96-75(69-91-78(83)64-59-54-49-43-40-37-35-29-27-25-22-19-16-13-10-7-2)71-94-98(86,87)92-67-74(81)68-93-99(88,89)95-72-76(97-80(85)66-61-56-51-46-45-47-52-57-62-73(4)5)70-90-77(82)63-58-53-48-42-39-23-20-17-14-11-8-3/h73-76,81H,6-72H2,1-5H3,(H,86,87)(H,88,89)/t74-,75-,76-/m1/s1. The molecule has 588 valence electrons. The van der Waals surface area contributed by atoms with Crippen molar-refractivity contribution in [3.05, 3.63) is 0 Å². The van der Waals surface area contributed by atoms with Crippen LogP contribution in [0.25, 0.3) is 0 Å². The van der Waals surface area contributed by atoms with Crippen molar-refractivity contribution in [3.63, 3.8) is 0 Å². The van der Waals surface area contributed by atoms with Crippen LogP contribution in [0.3, 0.4) is 0 Å². The number of ether oxygens (including phenoxy) is 4. The van der Waals surface area contributed by atoms with Gasteiger partial charge in [-0.05, 0) is 31.6 Å². The summed E-state index contributed by atoms with van der Waals surface area (Å²) in [4.78, 5) is 72.9. The molecule has 0 rings (SSSR count). The molecule has 0 aromatic rings. The number of rotatable bonds is 80. The largest absolute Gasteiger partial charge is 0.472 e. The zero-order chi connectivity index (χ0) is 72.7. The van der Waals surface area contributed by atoms with Crippen molar-refractivity contribution in [3.8, 4) is 0 Å². The van der Waals surface area contributed by atoms with Crippen LogP contribution in [0.15, 0.2) is 0 Å². The van der Waals surface area contributed by atoms with Gasteiger partial charge in [0.1, 0.15) is 19.3 Å². The van der Waals surface area contributed by atoms with Crippen LogP contribution >= 0.6 is 15.6 Å². The number of phosphoric ester groups is 2. The van der Waals surface area contributed by atoms with E-state index in [1.807, 2.05) is 0 Å². The molecule has 0 aliphatic carbocycles. The molecule has 0 aliphatic heterocycles. The molecule has 0 radical (unpaired) electrons. The van der Waals surface area contributed by atoms with Gasteiger partial charge in [0.25, 0.3) is 0 Å². The van der Waals surface area contributed by atoms with Gasteiger partial charge < -0.3 is 33.8 Å². The Bertz CT molecular complexity index is 1890. The third kappa shape index (κ3) is 74.1. The molecule has 0 amide bonds. The number of carbonyl (C=O) groups excluding carboxylic acids is 4. The molecule has 0 saturated heterocycles. The van der Waals surface area contributed by atoms with Gasteiger partial charge in [-0.15, -0.1) is 0 Å². The van der Waals surface area contributed by atoms with Gasteiger partial charge in [-0.3, -0.25) is 37.3 Å². The third-order valence-electron chi connectivity index (χ3n) is 18.8. The summed E-state index contributed by atoms with van der Waals surface area (Å²) in [5.74, 6) is -1.39. The minimum atomic E-state index is -4.96. The van der Waals surface area contributed by atoms with Crippen LogP contribution in [0.1, 0.15) is 426 Å². The summed E-state index contributed by atoms with van der Waals surface area (Å²) >= 11 is 0. The predicted molar refractivity (Wildman–Crippen MR) is 405 cm³/mol. The smallest absolute Gasteiger partial charge is 0.462 e. The van der Waals surface area contributed by atoms with Gasteiger partial charge in [0, 0.05) is 25.7 Å². The molecule has 5 atom stereocenters. The Morgan fingerprint density at radius 2 is 0.465 bits per heavy atom. The van der Waals surface area contributed by atoms with Crippen LogP contribution in [0, 0.1) is 5.92 Å². The third-order valence-corrected chi connectivity index (χ3v) is 20.7. The maximum absolute atomic E-state index is 13.1. The van der Waals surface area contributed by atoms with Gasteiger partial charge in [0.15, 0.2) is 12.2 Å². The molecule has 0 fully saturated rings. The Labute approximate surface area is 607 Å². The van der Waals surface area contributed by atoms with Crippen LogP contribution in [-0.2, 0) is 65.4 Å². The fraction of sp³-hybridized carbons (Fsp3) is 0.950. The van der Waals surface area contributed by atoms with Crippen LogP contribution in [0.2, 0.25) is 0 Å². The van der Waals surface area contributed by atoms with E-state index >= 15 is 0 Å². The summed E-state index contributed by atoms with van der Waals surface area (Å²) in [6.07, 6.45) is 63.9. The Balaban J connectivity index is 5.21. The van der Waals surface area contributed by atoms with Gasteiger partial charge >= 0.3 is 39.5 Å². The van der Waals surface area contributed by atoms with Gasteiger partial charge in [0.05, 0.1) is 26.4 Å². The lowest BCUT2D eigenvalue weighted by atomic mass is 10.0. The molecular weight excluding hydrogens is 1290 g/mol. The van der Waals surface area contributed by atoms with E-state index in [1.54, 1.807) is 0 Å². The molecule has 0 saturated carbocycles. The van der Waals surface area contributed by atoms with Crippen molar-refractivity contribution < 1.29 is 80.2 Å². The first-order valence-electron chi connectivity index (χ1n) is 41.6. The lowest BCUT2D eigenvalue weighted by Gasteiger charge is -2.21. The normalized spacial score (nSPS) is 13.9. The fourth-order valence-electron chi connectivity index (χ4n) is 12.4. The van der Waals surface area contributed by atoms with Crippen LogP contribution in [-0.4, -0.2) is 96.7 Å². The molecule has 99 heavy (non-hydrogen) atoms. The first kappa shape index (κ1) is 97.1. The Morgan fingerprint density at radius 3 is 0.687 bits per heavy atom. The van der Waals surface area contributed by atoms with E-state index in [4.69, 9.17) is 37.0 Å². The number of hydrogen-bond donors (Lipinski definition) is 3. The molecule has 0 aromatic heterocycles. The number of hydrogen-bond acceptors (Lipinski definition) is 15. The highest BCUT2D eigenvalue weighted by molar-refractivity contribution is 7.47. The lowest BCUT2D eigenvalue weighted by molar-refractivity contribution is -0.161. The summed E-state index contributed by atoms with van der Waals surface area (Å²) < 4.78 is 68.6. The highest BCUT2D eigenvalue weighted by Crippen LogP contribution is 2.45. The Kier molecular flexibility index (Phi) is 71.6. The summed E-state index contributed by atoms with van der Waals surface area (Å²) in [6, 6.07) is 0. The Hall–Kier alpha value is -1.94. The van der Waals surface area contributed by atoms with Crippen LogP contribution in [0.4, 0.5) is 0 Å². The molecule has 17 nitrogen and oxygen atoms in total. The minimum absolute atomic E-state index is 0.105. The first-order chi connectivity index (χ1) is 48.0. The Morgan fingerprint density at radius 1 is 0.273 bits per heavy atom. The molecule has 0 spiro atoms. The molecule has 0 bridgehead atoms. The molecule has 19 heteroatoms. The topological polar surface area (TPSA) is 237 Å². The summed E-state index contributed by atoms with van der Waals surface area (Å²) in [6.45, 7) is 7.28. The summed E-state index contributed by atoms with van der Waals surface area (Å²) in [5.41, 5.74) is 0. The maximum Gasteiger partial charge on any atom is 0.472 e. The van der Waals surface area contributed by atoms with E-state index in [0.29, 0.717) is 25.7 Å². The predicted octanol–water partition coefficient (Wildman–Crippen LogP) is 24.0. The van der Waals surface area contributed by atoms with Crippen LogP contribution < -0.4 is 0 Å². The van der Waals surface area contributed by atoms with E-state index in [9.17, 15) is 43.2 Å². The summed E-state index contributed by atoms with van der Waals surface area (Å²) in [5, 5.41) is 10.6. The second-order valence-corrected chi connectivity index (χ2v) is 32.2. The fourth-order valence-corrected chi connectivity index (χ4v) is 14.0. The number of aliphatic hydroxyl groups is 1. The lowest BCUT2D eigenvalue weighted by Crippen LogP contribution is -2.30. The van der Waals surface area contributed by atoms with Gasteiger partial charge in [-0.25, -0.2) is 9.13 Å².